The minimum absolute atomic E-state index is 0.00649. The first-order valence-electron chi connectivity index (χ1n) is 7.71. The standard InChI is InChI=1S/C17H16F3N3O4/c1-3-27-16-14(23(24)25)7-11(8-15(16)26-2)10-21-22-13-6-4-5-12(9-13)17(18,19)20/h4-10,22H,3H2,1-2H3. The normalized spacial score (nSPS) is 11.4. The number of nitro benzene ring substituents is 1. The fourth-order valence-electron chi connectivity index (χ4n) is 2.21. The largest absolute Gasteiger partial charge is 0.493 e. The molecule has 0 spiro atoms. The molecular weight excluding hydrogens is 367 g/mol. The third-order valence-corrected chi connectivity index (χ3v) is 3.36. The summed E-state index contributed by atoms with van der Waals surface area (Å²) in [6.45, 7) is 1.89. The van der Waals surface area contributed by atoms with Gasteiger partial charge in [-0.25, -0.2) is 0 Å². The van der Waals surface area contributed by atoms with Crippen molar-refractivity contribution in [2.24, 2.45) is 5.10 Å². The number of halogens is 3. The van der Waals surface area contributed by atoms with Gasteiger partial charge in [0.25, 0.3) is 0 Å². The molecule has 2 aromatic rings. The van der Waals surface area contributed by atoms with Gasteiger partial charge in [0.05, 0.1) is 36.1 Å². The molecule has 0 aliphatic carbocycles. The second-order valence-electron chi connectivity index (χ2n) is 5.21. The molecule has 0 heterocycles. The van der Waals surface area contributed by atoms with Crippen LogP contribution in [-0.4, -0.2) is 24.9 Å². The van der Waals surface area contributed by atoms with Crippen LogP contribution < -0.4 is 14.9 Å². The number of nitrogens with one attached hydrogen (secondary N) is 1. The zero-order valence-corrected chi connectivity index (χ0v) is 14.4. The fourth-order valence-corrected chi connectivity index (χ4v) is 2.21. The van der Waals surface area contributed by atoms with E-state index in [9.17, 15) is 23.3 Å². The van der Waals surface area contributed by atoms with Crippen LogP contribution in [0.3, 0.4) is 0 Å². The van der Waals surface area contributed by atoms with Crippen LogP contribution in [0.4, 0.5) is 24.5 Å². The maximum Gasteiger partial charge on any atom is 0.416 e. The van der Waals surface area contributed by atoms with E-state index in [4.69, 9.17) is 9.47 Å². The summed E-state index contributed by atoms with van der Waals surface area (Å²) in [6, 6.07) is 7.19. The van der Waals surface area contributed by atoms with Gasteiger partial charge in [0.2, 0.25) is 5.75 Å². The third kappa shape index (κ3) is 5.09. The molecule has 0 unspecified atom stereocenters. The molecule has 2 aromatic carbocycles. The van der Waals surface area contributed by atoms with E-state index in [0.717, 1.165) is 12.1 Å². The first-order valence-corrected chi connectivity index (χ1v) is 7.71. The first-order chi connectivity index (χ1) is 12.8. The molecule has 0 fully saturated rings. The molecule has 0 atom stereocenters. The van der Waals surface area contributed by atoms with Crippen LogP contribution >= 0.6 is 0 Å². The van der Waals surface area contributed by atoms with Crippen LogP contribution in [0, 0.1) is 10.1 Å². The molecule has 0 aromatic heterocycles. The molecule has 0 aliphatic heterocycles. The Morgan fingerprint density at radius 2 is 2.04 bits per heavy atom. The molecule has 27 heavy (non-hydrogen) atoms. The number of hydrogen-bond donors (Lipinski definition) is 1. The zero-order valence-electron chi connectivity index (χ0n) is 14.4. The molecular formula is C17H16F3N3O4. The van der Waals surface area contributed by atoms with Crippen LogP contribution in [0.25, 0.3) is 0 Å². The molecule has 1 N–H and O–H groups in total. The van der Waals surface area contributed by atoms with Crippen molar-refractivity contribution in [3.63, 3.8) is 0 Å². The predicted molar refractivity (Wildman–Crippen MR) is 93.5 cm³/mol. The summed E-state index contributed by atoms with van der Waals surface area (Å²) in [6.07, 6.45) is -3.24. The van der Waals surface area contributed by atoms with Gasteiger partial charge in [-0.2, -0.15) is 18.3 Å². The second kappa shape index (κ2) is 8.39. The Hall–Kier alpha value is -3.30. The summed E-state index contributed by atoms with van der Waals surface area (Å²) in [5, 5.41) is 15.1. The third-order valence-electron chi connectivity index (χ3n) is 3.36. The van der Waals surface area contributed by atoms with Crippen molar-refractivity contribution in [2.45, 2.75) is 13.1 Å². The highest BCUT2D eigenvalue weighted by atomic mass is 19.4. The van der Waals surface area contributed by atoms with E-state index in [1.807, 2.05) is 0 Å². The number of methoxy groups -OCH3 is 1. The van der Waals surface area contributed by atoms with Crippen molar-refractivity contribution in [2.75, 3.05) is 19.1 Å². The van der Waals surface area contributed by atoms with Gasteiger partial charge in [-0.15, -0.1) is 0 Å². The Balaban J connectivity index is 2.27. The number of nitro groups is 1. The van der Waals surface area contributed by atoms with Crippen molar-refractivity contribution >= 4 is 17.6 Å². The summed E-state index contributed by atoms with van der Waals surface area (Å²) in [5.74, 6) is 0.138. The summed E-state index contributed by atoms with van der Waals surface area (Å²) >= 11 is 0. The van der Waals surface area contributed by atoms with E-state index < -0.39 is 16.7 Å². The van der Waals surface area contributed by atoms with Crippen LogP contribution in [0.1, 0.15) is 18.1 Å². The minimum atomic E-state index is -4.47. The Labute approximate surface area is 152 Å². The number of hydrogen-bond acceptors (Lipinski definition) is 6. The predicted octanol–water partition coefficient (Wildman–Crippen LogP) is 4.47. The van der Waals surface area contributed by atoms with Crippen molar-refractivity contribution in [1.82, 2.24) is 0 Å². The second-order valence-corrected chi connectivity index (χ2v) is 5.21. The molecule has 0 radical (unpaired) electrons. The van der Waals surface area contributed by atoms with Crippen molar-refractivity contribution in [3.8, 4) is 11.5 Å². The lowest BCUT2D eigenvalue weighted by Crippen LogP contribution is -2.05. The molecule has 0 bridgehead atoms. The van der Waals surface area contributed by atoms with Gasteiger partial charge in [0, 0.05) is 11.6 Å². The number of hydrazone groups is 1. The van der Waals surface area contributed by atoms with Crippen LogP contribution in [0.5, 0.6) is 11.5 Å². The van der Waals surface area contributed by atoms with Gasteiger partial charge < -0.3 is 9.47 Å². The highest BCUT2D eigenvalue weighted by Crippen LogP contribution is 2.38. The van der Waals surface area contributed by atoms with E-state index in [2.05, 4.69) is 10.5 Å². The van der Waals surface area contributed by atoms with E-state index in [1.165, 1.54) is 37.6 Å². The molecule has 10 heteroatoms. The lowest BCUT2D eigenvalue weighted by atomic mass is 10.2. The smallest absolute Gasteiger partial charge is 0.416 e. The molecule has 144 valence electrons. The Morgan fingerprint density at radius 3 is 2.63 bits per heavy atom. The Kier molecular flexibility index (Phi) is 6.22. The summed E-state index contributed by atoms with van der Waals surface area (Å²) < 4.78 is 48.5. The molecule has 0 saturated carbocycles. The van der Waals surface area contributed by atoms with Crippen LogP contribution in [0.2, 0.25) is 0 Å². The Morgan fingerprint density at radius 1 is 1.30 bits per heavy atom. The molecule has 0 amide bonds. The van der Waals surface area contributed by atoms with Gasteiger partial charge >= 0.3 is 11.9 Å². The van der Waals surface area contributed by atoms with Gasteiger partial charge in [-0.1, -0.05) is 6.07 Å². The van der Waals surface area contributed by atoms with Crippen molar-refractivity contribution in [1.29, 1.82) is 0 Å². The van der Waals surface area contributed by atoms with Crippen LogP contribution in [-0.2, 0) is 6.18 Å². The monoisotopic (exact) mass is 383 g/mol. The summed E-state index contributed by atoms with van der Waals surface area (Å²) in [4.78, 5) is 10.6. The van der Waals surface area contributed by atoms with Crippen LogP contribution in [0.15, 0.2) is 41.5 Å². The van der Waals surface area contributed by atoms with Crippen molar-refractivity contribution < 1.29 is 27.6 Å². The number of ether oxygens (including phenoxy) is 2. The van der Waals surface area contributed by atoms with E-state index in [1.54, 1.807) is 6.92 Å². The minimum Gasteiger partial charge on any atom is -0.493 e. The van der Waals surface area contributed by atoms with E-state index in [0.29, 0.717) is 5.56 Å². The quantitative estimate of drug-likeness (QED) is 0.433. The van der Waals surface area contributed by atoms with E-state index >= 15 is 0 Å². The average molecular weight is 383 g/mol. The Bertz CT molecular complexity index is 854. The highest BCUT2D eigenvalue weighted by molar-refractivity contribution is 5.83. The zero-order chi connectivity index (χ0) is 20.0. The van der Waals surface area contributed by atoms with Gasteiger partial charge in [-0.3, -0.25) is 15.5 Å². The molecule has 7 nitrogen and oxygen atoms in total. The van der Waals surface area contributed by atoms with Gasteiger partial charge in [-0.05, 0) is 31.2 Å². The number of benzene rings is 2. The molecule has 0 aliphatic rings. The maximum atomic E-state index is 12.7. The van der Waals surface area contributed by atoms with Gasteiger partial charge in [0.15, 0.2) is 5.75 Å². The summed E-state index contributed by atoms with van der Waals surface area (Å²) in [7, 11) is 1.34. The van der Waals surface area contributed by atoms with Gasteiger partial charge in [0.1, 0.15) is 0 Å². The molecule has 0 saturated heterocycles. The number of anilines is 1. The topological polar surface area (TPSA) is 86.0 Å². The number of rotatable bonds is 7. The first kappa shape index (κ1) is 20.0. The fraction of sp³-hybridized carbons (Fsp3) is 0.235. The molecule has 2 rings (SSSR count). The van der Waals surface area contributed by atoms with Crippen molar-refractivity contribution in [3.05, 3.63) is 57.6 Å². The highest BCUT2D eigenvalue weighted by Gasteiger charge is 2.30. The lowest BCUT2D eigenvalue weighted by Gasteiger charge is -2.10. The van der Waals surface area contributed by atoms with E-state index in [-0.39, 0.29) is 29.5 Å². The average Bonchev–Trinajstić information content (AvgIpc) is 2.62. The number of nitrogens with zero attached hydrogens (tertiary/aromatic N) is 2. The summed E-state index contributed by atoms with van der Waals surface area (Å²) in [5.41, 5.74) is 1.76. The SMILES string of the molecule is CCOc1c(OC)cc(C=NNc2cccc(C(F)(F)F)c2)cc1[N+](=O)[O-]. The maximum absolute atomic E-state index is 12.7. The lowest BCUT2D eigenvalue weighted by molar-refractivity contribution is -0.385. The number of alkyl halides is 3.